The molecule has 3 nitrogen and oxygen atoms in total. The number of benzene rings is 1. The van der Waals surface area contributed by atoms with Crippen LogP contribution >= 0.6 is 0 Å². The lowest BCUT2D eigenvalue weighted by atomic mass is 10.2. The van der Waals surface area contributed by atoms with Gasteiger partial charge < -0.3 is 9.80 Å². The van der Waals surface area contributed by atoms with E-state index >= 15 is 0 Å². The molecule has 1 rings (SSSR count). The molecular weight excluding hydrogens is 212 g/mol. The average Bonchev–Trinajstić information content (AvgIpc) is 2.35. The van der Waals surface area contributed by atoms with Crippen molar-refractivity contribution in [2.45, 2.75) is 26.8 Å². The quantitative estimate of drug-likeness (QED) is 0.781. The molecule has 17 heavy (non-hydrogen) atoms. The van der Waals surface area contributed by atoms with Crippen molar-refractivity contribution in [1.82, 2.24) is 4.90 Å². The van der Waals surface area contributed by atoms with Crippen molar-refractivity contribution in [2.75, 3.05) is 25.5 Å². The molecule has 1 amide bonds. The summed E-state index contributed by atoms with van der Waals surface area (Å²) >= 11 is 0. The van der Waals surface area contributed by atoms with Crippen molar-refractivity contribution < 1.29 is 4.79 Å². The SMILES string of the molecule is CCC(=O)N(CC)Cc1ccc(N(C)C)cc1. The second-order valence-electron chi connectivity index (χ2n) is 4.32. The summed E-state index contributed by atoms with van der Waals surface area (Å²) in [5.41, 5.74) is 2.36. The molecule has 0 saturated heterocycles. The first-order valence-corrected chi connectivity index (χ1v) is 6.12. The lowest BCUT2D eigenvalue weighted by Gasteiger charge is -2.21. The molecule has 0 saturated carbocycles. The fourth-order valence-electron chi connectivity index (χ4n) is 1.72. The molecule has 0 bridgehead atoms. The molecule has 0 aliphatic carbocycles. The van der Waals surface area contributed by atoms with Gasteiger partial charge in [-0.2, -0.15) is 0 Å². The molecule has 1 aromatic carbocycles. The van der Waals surface area contributed by atoms with Crippen LogP contribution in [-0.2, 0) is 11.3 Å². The Hall–Kier alpha value is -1.51. The lowest BCUT2D eigenvalue weighted by molar-refractivity contribution is -0.131. The smallest absolute Gasteiger partial charge is 0.222 e. The van der Waals surface area contributed by atoms with Gasteiger partial charge in [-0.3, -0.25) is 4.79 Å². The van der Waals surface area contributed by atoms with Gasteiger partial charge in [0.2, 0.25) is 5.91 Å². The van der Waals surface area contributed by atoms with Gasteiger partial charge in [0.15, 0.2) is 0 Å². The molecule has 94 valence electrons. The van der Waals surface area contributed by atoms with Crippen LogP contribution in [0.15, 0.2) is 24.3 Å². The standard InChI is InChI=1S/C14H22N2O/c1-5-14(17)16(6-2)11-12-7-9-13(10-8-12)15(3)4/h7-10H,5-6,11H2,1-4H3. The van der Waals surface area contributed by atoms with Crippen LogP contribution in [0.2, 0.25) is 0 Å². The van der Waals surface area contributed by atoms with E-state index in [1.165, 1.54) is 11.3 Å². The van der Waals surface area contributed by atoms with E-state index < -0.39 is 0 Å². The van der Waals surface area contributed by atoms with E-state index in [-0.39, 0.29) is 5.91 Å². The van der Waals surface area contributed by atoms with Crippen LogP contribution in [0.3, 0.4) is 0 Å². The first kappa shape index (κ1) is 13.6. The van der Waals surface area contributed by atoms with Gasteiger partial charge in [0, 0.05) is 39.3 Å². The van der Waals surface area contributed by atoms with Crippen molar-refractivity contribution in [1.29, 1.82) is 0 Å². The van der Waals surface area contributed by atoms with Crippen LogP contribution in [0.25, 0.3) is 0 Å². The van der Waals surface area contributed by atoms with E-state index in [1.54, 1.807) is 0 Å². The molecular formula is C14H22N2O. The van der Waals surface area contributed by atoms with Gasteiger partial charge in [0.1, 0.15) is 0 Å². The first-order valence-electron chi connectivity index (χ1n) is 6.12. The third-order valence-corrected chi connectivity index (χ3v) is 2.86. The molecule has 3 heteroatoms. The van der Waals surface area contributed by atoms with E-state index in [2.05, 4.69) is 29.2 Å². The fourth-order valence-corrected chi connectivity index (χ4v) is 1.72. The molecule has 0 aliphatic heterocycles. The Labute approximate surface area is 104 Å². The minimum absolute atomic E-state index is 0.212. The Morgan fingerprint density at radius 2 is 1.71 bits per heavy atom. The summed E-state index contributed by atoms with van der Waals surface area (Å²) in [5, 5.41) is 0. The highest BCUT2D eigenvalue weighted by molar-refractivity contribution is 5.75. The Kier molecular flexibility index (Phi) is 5.01. The van der Waals surface area contributed by atoms with Crippen LogP contribution in [0.5, 0.6) is 0 Å². The van der Waals surface area contributed by atoms with Crippen LogP contribution in [0, 0.1) is 0 Å². The molecule has 1 aromatic rings. The van der Waals surface area contributed by atoms with Crippen LogP contribution in [-0.4, -0.2) is 31.4 Å². The van der Waals surface area contributed by atoms with E-state index in [0.717, 1.165) is 6.54 Å². The van der Waals surface area contributed by atoms with Gasteiger partial charge in [-0.1, -0.05) is 19.1 Å². The van der Waals surface area contributed by atoms with Crippen molar-refractivity contribution in [3.8, 4) is 0 Å². The molecule has 0 radical (unpaired) electrons. The molecule has 0 fully saturated rings. The number of amides is 1. The zero-order valence-electron chi connectivity index (χ0n) is 11.2. The molecule has 0 aliphatic rings. The second-order valence-corrected chi connectivity index (χ2v) is 4.32. The molecule has 0 heterocycles. The van der Waals surface area contributed by atoms with Gasteiger partial charge in [0.05, 0.1) is 0 Å². The molecule has 0 atom stereocenters. The Morgan fingerprint density at radius 1 is 1.12 bits per heavy atom. The van der Waals surface area contributed by atoms with Gasteiger partial charge in [-0.15, -0.1) is 0 Å². The van der Waals surface area contributed by atoms with Gasteiger partial charge in [0.25, 0.3) is 0 Å². The highest BCUT2D eigenvalue weighted by Gasteiger charge is 2.09. The largest absolute Gasteiger partial charge is 0.378 e. The molecule has 0 aromatic heterocycles. The minimum Gasteiger partial charge on any atom is -0.378 e. The third-order valence-electron chi connectivity index (χ3n) is 2.86. The third kappa shape index (κ3) is 3.77. The van der Waals surface area contributed by atoms with E-state index in [4.69, 9.17) is 0 Å². The lowest BCUT2D eigenvalue weighted by Crippen LogP contribution is -2.29. The van der Waals surface area contributed by atoms with Gasteiger partial charge in [-0.25, -0.2) is 0 Å². The monoisotopic (exact) mass is 234 g/mol. The van der Waals surface area contributed by atoms with Crippen molar-refractivity contribution in [3.63, 3.8) is 0 Å². The first-order chi connectivity index (χ1) is 8.08. The van der Waals surface area contributed by atoms with Crippen molar-refractivity contribution in [3.05, 3.63) is 29.8 Å². The Bertz CT molecular complexity index is 357. The predicted molar refractivity (Wildman–Crippen MR) is 72.2 cm³/mol. The minimum atomic E-state index is 0.212. The fraction of sp³-hybridized carbons (Fsp3) is 0.500. The number of hydrogen-bond donors (Lipinski definition) is 0. The summed E-state index contributed by atoms with van der Waals surface area (Å²) in [4.78, 5) is 15.6. The number of anilines is 1. The molecule has 0 N–H and O–H groups in total. The van der Waals surface area contributed by atoms with Crippen LogP contribution in [0.4, 0.5) is 5.69 Å². The predicted octanol–water partition coefficient (Wildman–Crippen LogP) is 2.51. The highest BCUT2D eigenvalue weighted by atomic mass is 16.2. The molecule has 0 spiro atoms. The highest BCUT2D eigenvalue weighted by Crippen LogP contribution is 2.14. The Balaban J connectivity index is 2.70. The maximum absolute atomic E-state index is 11.6. The van der Waals surface area contributed by atoms with Crippen molar-refractivity contribution in [2.24, 2.45) is 0 Å². The topological polar surface area (TPSA) is 23.6 Å². The van der Waals surface area contributed by atoms with Crippen molar-refractivity contribution >= 4 is 11.6 Å². The van der Waals surface area contributed by atoms with E-state index in [9.17, 15) is 4.79 Å². The number of rotatable bonds is 5. The van der Waals surface area contributed by atoms with Crippen LogP contribution in [0.1, 0.15) is 25.8 Å². The van der Waals surface area contributed by atoms with E-state index in [0.29, 0.717) is 13.0 Å². The number of carbonyl (C=O) groups excluding carboxylic acids is 1. The number of nitrogens with zero attached hydrogens (tertiary/aromatic N) is 2. The number of hydrogen-bond acceptors (Lipinski definition) is 2. The molecule has 0 unspecified atom stereocenters. The Morgan fingerprint density at radius 3 is 2.12 bits per heavy atom. The maximum atomic E-state index is 11.6. The summed E-state index contributed by atoms with van der Waals surface area (Å²) in [7, 11) is 4.04. The summed E-state index contributed by atoms with van der Waals surface area (Å²) in [5.74, 6) is 0.212. The zero-order valence-corrected chi connectivity index (χ0v) is 11.2. The van der Waals surface area contributed by atoms with Gasteiger partial charge >= 0.3 is 0 Å². The summed E-state index contributed by atoms with van der Waals surface area (Å²) < 4.78 is 0. The zero-order chi connectivity index (χ0) is 12.8. The summed E-state index contributed by atoms with van der Waals surface area (Å²) in [6, 6.07) is 8.33. The summed E-state index contributed by atoms with van der Waals surface area (Å²) in [6.07, 6.45) is 0.573. The summed E-state index contributed by atoms with van der Waals surface area (Å²) in [6.45, 7) is 5.39. The maximum Gasteiger partial charge on any atom is 0.222 e. The normalized spacial score (nSPS) is 10.1. The average molecular weight is 234 g/mol. The second kappa shape index (κ2) is 6.28. The van der Waals surface area contributed by atoms with Gasteiger partial charge in [-0.05, 0) is 24.6 Å². The van der Waals surface area contributed by atoms with E-state index in [1.807, 2.05) is 32.8 Å². The number of carbonyl (C=O) groups is 1. The van der Waals surface area contributed by atoms with Crippen LogP contribution < -0.4 is 4.90 Å².